The molecule has 0 saturated carbocycles. The highest BCUT2D eigenvalue weighted by Crippen LogP contribution is 2.44. The van der Waals surface area contributed by atoms with E-state index in [-0.39, 0.29) is 0 Å². The second-order valence-electron chi connectivity index (χ2n) is 10.6. The van der Waals surface area contributed by atoms with Crippen molar-refractivity contribution in [2.75, 3.05) is 11.4 Å². The molecule has 7 heteroatoms. The summed E-state index contributed by atoms with van der Waals surface area (Å²) < 4.78 is 4.06. The van der Waals surface area contributed by atoms with Crippen LogP contribution in [0, 0.1) is 0 Å². The molecule has 6 rings (SSSR count). The van der Waals surface area contributed by atoms with Crippen LogP contribution in [-0.4, -0.2) is 37.6 Å². The third-order valence-electron chi connectivity index (χ3n) is 7.95. The van der Waals surface area contributed by atoms with E-state index in [4.69, 9.17) is 26.7 Å². The third kappa shape index (κ3) is 4.27. The van der Waals surface area contributed by atoms with Crippen LogP contribution in [0.25, 0.3) is 23.0 Å². The molecule has 0 atom stereocenters. The summed E-state index contributed by atoms with van der Waals surface area (Å²) in [5.41, 5.74) is 11.5. The van der Waals surface area contributed by atoms with Crippen LogP contribution in [0.2, 0.25) is 5.02 Å². The fraction of sp³-hybridized carbons (Fsp3) is 0.312. The first-order valence-electron chi connectivity index (χ1n) is 13.8. The molecule has 0 N–H and O–H groups in total. The number of aromatic nitrogens is 4. The van der Waals surface area contributed by atoms with Gasteiger partial charge in [-0.2, -0.15) is 9.67 Å². The fourth-order valence-electron chi connectivity index (χ4n) is 5.75. The molecule has 0 amide bonds. The van der Waals surface area contributed by atoms with E-state index in [0.29, 0.717) is 17.5 Å². The number of para-hydroxylation sites is 1. The van der Waals surface area contributed by atoms with Crippen LogP contribution >= 0.6 is 11.6 Å². The second kappa shape index (κ2) is 10.1. The molecule has 0 unspecified atom stereocenters. The maximum Gasteiger partial charge on any atom is 0.237 e. The Balaban J connectivity index is 1.57. The van der Waals surface area contributed by atoms with E-state index in [1.54, 1.807) is 0 Å². The Kier molecular flexibility index (Phi) is 6.59. The van der Waals surface area contributed by atoms with Crippen LogP contribution in [0.3, 0.4) is 0 Å². The molecule has 4 heterocycles. The van der Waals surface area contributed by atoms with Gasteiger partial charge in [-0.15, -0.1) is 0 Å². The van der Waals surface area contributed by atoms with Crippen LogP contribution in [0.15, 0.2) is 48.9 Å². The molecule has 0 aliphatic carbocycles. The van der Waals surface area contributed by atoms with Gasteiger partial charge in [-0.25, -0.2) is 14.6 Å². The van der Waals surface area contributed by atoms with Gasteiger partial charge in [0, 0.05) is 49.1 Å². The van der Waals surface area contributed by atoms with Crippen molar-refractivity contribution in [2.45, 2.75) is 59.4 Å². The minimum Gasteiger partial charge on any atom is -0.336 e. The zero-order chi connectivity index (χ0) is 27.3. The number of aryl methyl sites for hydroxylation is 2. The average Bonchev–Trinajstić information content (AvgIpc) is 3.53. The Morgan fingerprint density at radius 2 is 1.77 bits per heavy atom. The van der Waals surface area contributed by atoms with Crippen LogP contribution < -0.4 is 4.90 Å². The van der Waals surface area contributed by atoms with Gasteiger partial charge in [-0.1, -0.05) is 63.6 Å². The Bertz CT molecular complexity index is 1590. The molecular formula is C32H34ClN6+. The van der Waals surface area contributed by atoms with Crippen molar-refractivity contribution in [3.8, 4) is 16.9 Å². The van der Waals surface area contributed by atoms with Crippen LogP contribution in [-0.2, 0) is 25.8 Å². The van der Waals surface area contributed by atoms with Gasteiger partial charge < -0.3 is 4.90 Å². The minimum atomic E-state index is 0.399. The first kappa shape index (κ1) is 25.5. The number of fused-ring (bicyclic) bond motifs is 2. The van der Waals surface area contributed by atoms with Gasteiger partial charge >= 0.3 is 0 Å². The number of nitrogens with zero attached hydrogens (tertiary/aromatic N) is 6. The van der Waals surface area contributed by atoms with E-state index in [0.717, 1.165) is 65.5 Å². The summed E-state index contributed by atoms with van der Waals surface area (Å²) in [4.78, 5) is 11.8. The molecule has 2 aliphatic heterocycles. The van der Waals surface area contributed by atoms with Crippen molar-refractivity contribution in [2.24, 2.45) is 0 Å². The lowest BCUT2D eigenvalue weighted by Crippen LogP contribution is -2.31. The topological polar surface area (TPSA) is 49.9 Å². The molecular weight excluding hydrogens is 504 g/mol. The lowest BCUT2D eigenvalue weighted by atomic mass is 9.96. The Labute approximate surface area is 235 Å². The van der Waals surface area contributed by atoms with E-state index >= 15 is 0 Å². The van der Waals surface area contributed by atoms with Gasteiger partial charge in [-0.3, -0.25) is 0 Å². The number of hydrogen-bond donors (Lipinski definition) is 0. The van der Waals surface area contributed by atoms with Gasteiger partial charge in [0.2, 0.25) is 11.6 Å². The highest BCUT2D eigenvalue weighted by atomic mass is 35.5. The molecule has 0 spiro atoms. The highest BCUT2D eigenvalue weighted by Gasteiger charge is 2.32. The van der Waals surface area contributed by atoms with Gasteiger partial charge in [0.15, 0.2) is 6.20 Å². The predicted molar refractivity (Wildman–Crippen MR) is 160 cm³/mol. The Hall–Kier alpha value is -3.77. The number of rotatable bonds is 6. The van der Waals surface area contributed by atoms with Gasteiger partial charge in [0.25, 0.3) is 0 Å². The highest BCUT2D eigenvalue weighted by molar-refractivity contribution is 6.33. The molecule has 6 nitrogen and oxygen atoms in total. The quantitative estimate of drug-likeness (QED) is 0.246. The second-order valence-corrected chi connectivity index (χ2v) is 11.0. The summed E-state index contributed by atoms with van der Waals surface area (Å²) in [6.07, 6.45) is 10.7. The van der Waals surface area contributed by atoms with Gasteiger partial charge in [0.05, 0.1) is 22.6 Å². The lowest BCUT2D eigenvalue weighted by molar-refractivity contribution is -0.343. The minimum absolute atomic E-state index is 0.399. The van der Waals surface area contributed by atoms with Crippen LogP contribution in [0.4, 0.5) is 11.6 Å². The van der Waals surface area contributed by atoms with Crippen molar-refractivity contribution in [3.05, 3.63) is 87.5 Å². The van der Waals surface area contributed by atoms with Gasteiger partial charge in [0.1, 0.15) is 11.7 Å². The summed E-state index contributed by atoms with van der Waals surface area (Å²) in [6.45, 7) is 14.4. The number of hydrogen-bond acceptors (Lipinski definition) is 4. The summed E-state index contributed by atoms with van der Waals surface area (Å²) in [5, 5.41) is 6.00. The molecule has 4 aromatic rings. The standard InChI is InChI=1S/C32H34ClN6/c1-6-21-9-8-10-22(7-2)29(21)39-30(24-11-12-27(33)31-25(24)13-15-37(31)5)26-19-38(16-14-28(26)36-39)32-34-17-23(18-35-32)20(3)4/h8-13,15,17-18,20H,5-7,14,16,19H2,1-4H3/q+1. The molecule has 0 radical (unpaired) electrons. The molecule has 0 bridgehead atoms. The first-order valence-corrected chi connectivity index (χ1v) is 14.2. The molecule has 2 aromatic carbocycles. The van der Waals surface area contributed by atoms with E-state index in [9.17, 15) is 0 Å². The predicted octanol–water partition coefficient (Wildman–Crippen LogP) is 7.12. The summed E-state index contributed by atoms with van der Waals surface area (Å²) in [6, 6.07) is 10.7. The SMILES string of the molecule is C=[N+]1C=Cc2c(-c3c4c(nn3-c3c(CC)cccc3CC)CCN(c3ncc(C(C)C)cn3)C4)ccc(Cl)c21. The smallest absolute Gasteiger partial charge is 0.237 e. The molecule has 2 aliphatic rings. The number of halogens is 1. The number of benzene rings is 2. The molecule has 0 saturated heterocycles. The van der Waals surface area contributed by atoms with Crippen molar-refractivity contribution >= 4 is 36.0 Å². The average molecular weight is 538 g/mol. The van der Waals surface area contributed by atoms with E-state index in [2.05, 4.69) is 74.3 Å². The van der Waals surface area contributed by atoms with E-state index in [1.807, 2.05) is 29.2 Å². The Morgan fingerprint density at radius 3 is 2.44 bits per heavy atom. The van der Waals surface area contributed by atoms with E-state index < -0.39 is 0 Å². The van der Waals surface area contributed by atoms with Crippen molar-refractivity contribution in [1.29, 1.82) is 0 Å². The molecule has 198 valence electrons. The van der Waals surface area contributed by atoms with Crippen molar-refractivity contribution < 1.29 is 4.58 Å². The maximum atomic E-state index is 6.66. The molecule has 2 aromatic heterocycles. The number of anilines is 1. The third-order valence-corrected chi connectivity index (χ3v) is 8.25. The van der Waals surface area contributed by atoms with Crippen LogP contribution in [0.5, 0.6) is 0 Å². The van der Waals surface area contributed by atoms with Crippen LogP contribution in [0.1, 0.15) is 67.1 Å². The molecule has 39 heavy (non-hydrogen) atoms. The Morgan fingerprint density at radius 1 is 1.05 bits per heavy atom. The lowest BCUT2D eigenvalue weighted by Gasteiger charge is -2.27. The zero-order valence-electron chi connectivity index (χ0n) is 23.1. The summed E-state index contributed by atoms with van der Waals surface area (Å²) >= 11 is 6.66. The van der Waals surface area contributed by atoms with Crippen molar-refractivity contribution in [3.63, 3.8) is 0 Å². The summed E-state index contributed by atoms with van der Waals surface area (Å²) in [7, 11) is 0. The summed E-state index contributed by atoms with van der Waals surface area (Å²) in [5.74, 6) is 1.16. The monoisotopic (exact) mass is 537 g/mol. The van der Waals surface area contributed by atoms with Crippen molar-refractivity contribution in [1.82, 2.24) is 19.7 Å². The molecule has 0 fully saturated rings. The fourth-order valence-corrected chi connectivity index (χ4v) is 6.02. The van der Waals surface area contributed by atoms with E-state index in [1.165, 1.54) is 22.4 Å². The normalized spacial score (nSPS) is 14.3. The largest absolute Gasteiger partial charge is 0.336 e. The first-order chi connectivity index (χ1) is 18.9. The van der Waals surface area contributed by atoms with Gasteiger partial charge in [-0.05, 0) is 41.5 Å². The zero-order valence-corrected chi connectivity index (χ0v) is 23.8. The maximum absolute atomic E-state index is 6.66.